The van der Waals surface area contributed by atoms with Crippen LogP contribution in [0.5, 0.6) is 0 Å². The molecule has 2 fully saturated rings. The molecule has 2 saturated heterocycles. The molecule has 2 aliphatic heterocycles. The topological polar surface area (TPSA) is 44.7 Å². The molecule has 2 aromatic rings. The third-order valence-electron chi connectivity index (χ3n) is 7.57. The molecule has 4 unspecified atom stereocenters. The Bertz CT molecular complexity index is 830. The van der Waals surface area contributed by atoms with Crippen molar-refractivity contribution in [3.8, 4) is 0 Å². The maximum atomic E-state index is 6.59. The lowest BCUT2D eigenvalue weighted by molar-refractivity contribution is -0.0374. The largest absolute Gasteiger partial charge is 0.472 e. The summed E-state index contributed by atoms with van der Waals surface area (Å²) >= 11 is 0. The van der Waals surface area contributed by atoms with Gasteiger partial charge >= 0.3 is 0 Å². The minimum absolute atomic E-state index is 0.0227. The Labute approximate surface area is 194 Å². The van der Waals surface area contributed by atoms with Crippen LogP contribution in [0.3, 0.4) is 0 Å². The molecule has 0 aromatic carbocycles. The van der Waals surface area contributed by atoms with Crippen molar-refractivity contribution in [2.45, 2.75) is 85.2 Å². The van der Waals surface area contributed by atoms with Crippen LogP contribution in [0, 0.1) is 22.7 Å². The SMILES string of the molecule is CC(C)(C)C(c1ccoc1)C1CCOC(c2ccc(C(C3CCOCC3)C(C)(C)C)o2)C1. The van der Waals surface area contributed by atoms with Gasteiger partial charge in [-0.1, -0.05) is 41.5 Å². The van der Waals surface area contributed by atoms with Crippen molar-refractivity contribution in [3.05, 3.63) is 47.8 Å². The molecule has 2 aliphatic rings. The van der Waals surface area contributed by atoms with Crippen LogP contribution in [0.15, 0.2) is 39.6 Å². The third-order valence-corrected chi connectivity index (χ3v) is 7.57. The first-order chi connectivity index (χ1) is 15.1. The zero-order valence-corrected chi connectivity index (χ0v) is 20.9. The van der Waals surface area contributed by atoms with Gasteiger partial charge in [-0.15, -0.1) is 0 Å². The summed E-state index contributed by atoms with van der Waals surface area (Å²) in [6.45, 7) is 16.5. The van der Waals surface area contributed by atoms with Gasteiger partial charge in [0.2, 0.25) is 0 Å². The molecule has 0 amide bonds. The highest BCUT2D eigenvalue weighted by Gasteiger charge is 2.40. The molecule has 0 saturated carbocycles. The number of furan rings is 2. The molecule has 4 heterocycles. The van der Waals surface area contributed by atoms with Gasteiger partial charge in [0, 0.05) is 25.7 Å². The van der Waals surface area contributed by atoms with Gasteiger partial charge in [0.25, 0.3) is 0 Å². The fourth-order valence-electron chi connectivity index (χ4n) is 6.38. The quantitative estimate of drug-likeness (QED) is 0.475. The first kappa shape index (κ1) is 23.6. The van der Waals surface area contributed by atoms with Crippen LogP contribution in [0.25, 0.3) is 0 Å². The van der Waals surface area contributed by atoms with Crippen molar-refractivity contribution < 1.29 is 18.3 Å². The van der Waals surface area contributed by atoms with Crippen molar-refractivity contribution in [1.29, 1.82) is 0 Å². The van der Waals surface area contributed by atoms with Crippen molar-refractivity contribution in [2.24, 2.45) is 22.7 Å². The van der Waals surface area contributed by atoms with Gasteiger partial charge in [-0.2, -0.15) is 0 Å². The normalized spacial score (nSPS) is 25.6. The summed E-state index contributed by atoms with van der Waals surface area (Å²) in [5.74, 6) is 4.08. The molecule has 0 N–H and O–H groups in total. The van der Waals surface area contributed by atoms with Crippen LogP contribution in [0.4, 0.5) is 0 Å². The highest BCUT2D eigenvalue weighted by Crippen LogP contribution is 2.49. The molecule has 4 heteroatoms. The lowest BCUT2D eigenvalue weighted by Gasteiger charge is -2.40. The second-order valence-corrected chi connectivity index (χ2v) is 12.1. The average molecular weight is 443 g/mol. The van der Waals surface area contributed by atoms with E-state index >= 15 is 0 Å². The van der Waals surface area contributed by atoms with E-state index < -0.39 is 0 Å². The van der Waals surface area contributed by atoms with E-state index in [0.29, 0.717) is 23.7 Å². The zero-order valence-electron chi connectivity index (χ0n) is 20.9. The fraction of sp³-hybridized carbons (Fsp3) is 0.714. The van der Waals surface area contributed by atoms with Crippen molar-refractivity contribution in [2.75, 3.05) is 19.8 Å². The van der Waals surface area contributed by atoms with Gasteiger partial charge in [-0.25, -0.2) is 0 Å². The smallest absolute Gasteiger partial charge is 0.132 e. The van der Waals surface area contributed by atoms with Crippen LogP contribution in [0.1, 0.15) is 102 Å². The highest BCUT2D eigenvalue weighted by molar-refractivity contribution is 5.20. The Morgan fingerprint density at radius 1 is 0.812 bits per heavy atom. The van der Waals surface area contributed by atoms with E-state index in [9.17, 15) is 0 Å². The van der Waals surface area contributed by atoms with E-state index in [0.717, 1.165) is 57.0 Å². The van der Waals surface area contributed by atoms with Crippen LogP contribution < -0.4 is 0 Å². The van der Waals surface area contributed by atoms with E-state index in [-0.39, 0.29) is 16.9 Å². The number of rotatable bonds is 5. The maximum absolute atomic E-state index is 6.59. The second-order valence-electron chi connectivity index (χ2n) is 12.1. The van der Waals surface area contributed by atoms with Gasteiger partial charge in [-0.3, -0.25) is 0 Å². The summed E-state index contributed by atoms with van der Waals surface area (Å²) in [6.07, 6.45) is 8.02. The lowest BCUT2D eigenvalue weighted by atomic mass is 9.67. The van der Waals surface area contributed by atoms with E-state index in [2.05, 4.69) is 59.7 Å². The molecule has 0 bridgehead atoms. The Morgan fingerprint density at radius 2 is 1.50 bits per heavy atom. The molecule has 2 aromatic heterocycles. The van der Waals surface area contributed by atoms with E-state index in [1.54, 1.807) is 6.26 Å². The molecule has 178 valence electrons. The van der Waals surface area contributed by atoms with E-state index in [4.69, 9.17) is 18.3 Å². The van der Waals surface area contributed by atoms with Crippen molar-refractivity contribution in [1.82, 2.24) is 0 Å². The van der Waals surface area contributed by atoms with Gasteiger partial charge < -0.3 is 18.3 Å². The first-order valence-electron chi connectivity index (χ1n) is 12.5. The lowest BCUT2D eigenvalue weighted by Crippen LogP contribution is -2.31. The maximum Gasteiger partial charge on any atom is 0.132 e. The summed E-state index contributed by atoms with van der Waals surface area (Å²) < 4.78 is 23.9. The van der Waals surface area contributed by atoms with Gasteiger partial charge in [0.1, 0.15) is 17.6 Å². The standard InChI is InChI=1S/C28H42O4/c1-27(2,3)25(21-11-15-30-18-21)20-12-16-31-24(17-20)22-7-8-23(32-22)26(28(4,5)6)19-9-13-29-14-10-19/h7-8,11,15,18-20,24-26H,9-10,12-14,16-17H2,1-6H3. The summed E-state index contributed by atoms with van der Waals surface area (Å²) in [5.41, 5.74) is 1.60. The molecule has 0 aliphatic carbocycles. The molecule has 4 nitrogen and oxygen atoms in total. The summed E-state index contributed by atoms with van der Waals surface area (Å²) in [7, 11) is 0. The molecule has 32 heavy (non-hydrogen) atoms. The van der Waals surface area contributed by atoms with Crippen LogP contribution in [-0.4, -0.2) is 19.8 Å². The molecular formula is C28H42O4. The number of hydrogen-bond acceptors (Lipinski definition) is 4. The van der Waals surface area contributed by atoms with Gasteiger partial charge in [0.15, 0.2) is 0 Å². The van der Waals surface area contributed by atoms with Gasteiger partial charge in [0.05, 0.1) is 12.5 Å². The molecule has 0 spiro atoms. The summed E-state index contributed by atoms with van der Waals surface area (Å²) in [6, 6.07) is 6.52. The molecule has 4 atom stereocenters. The van der Waals surface area contributed by atoms with E-state index in [1.807, 2.05) is 6.26 Å². The van der Waals surface area contributed by atoms with Crippen molar-refractivity contribution >= 4 is 0 Å². The number of ether oxygens (including phenoxy) is 2. The van der Waals surface area contributed by atoms with E-state index in [1.165, 1.54) is 5.56 Å². The fourth-order valence-corrected chi connectivity index (χ4v) is 6.38. The van der Waals surface area contributed by atoms with Crippen molar-refractivity contribution in [3.63, 3.8) is 0 Å². The predicted octanol–water partition coefficient (Wildman–Crippen LogP) is 7.73. The Kier molecular flexibility index (Phi) is 6.93. The number of hydrogen-bond donors (Lipinski definition) is 0. The molecular weight excluding hydrogens is 400 g/mol. The van der Waals surface area contributed by atoms with Gasteiger partial charge in [-0.05, 0) is 78.0 Å². The second kappa shape index (κ2) is 9.38. The monoisotopic (exact) mass is 442 g/mol. The minimum Gasteiger partial charge on any atom is -0.472 e. The molecule has 4 rings (SSSR count). The predicted molar refractivity (Wildman–Crippen MR) is 127 cm³/mol. The Balaban J connectivity index is 1.54. The zero-order chi connectivity index (χ0) is 22.9. The van der Waals surface area contributed by atoms with Crippen LogP contribution in [0.2, 0.25) is 0 Å². The average Bonchev–Trinajstić information content (AvgIpc) is 3.40. The third kappa shape index (κ3) is 5.17. The minimum atomic E-state index is 0.0227. The Hall–Kier alpha value is -1.52. The Morgan fingerprint density at radius 3 is 2.12 bits per heavy atom. The van der Waals surface area contributed by atoms with Crippen LogP contribution in [-0.2, 0) is 9.47 Å². The highest BCUT2D eigenvalue weighted by atomic mass is 16.5. The first-order valence-corrected chi connectivity index (χ1v) is 12.5. The summed E-state index contributed by atoms with van der Waals surface area (Å²) in [5, 5.41) is 0. The molecule has 0 radical (unpaired) electrons. The summed E-state index contributed by atoms with van der Waals surface area (Å²) in [4.78, 5) is 0. The van der Waals surface area contributed by atoms with Crippen LogP contribution >= 0.6 is 0 Å².